The van der Waals surface area contributed by atoms with E-state index in [1.807, 2.05) is 13.8 Å². The monoisotopic (exact) mass is 498 g/mol. The molecule has 0 aromatic carbocycles. The smallest absolute Gasteiger partial charge is 0.237 e. The number of unbranched alkanes of at least 4 members (excludes halogenated alkanes) is 1. The van der Waals surface area contributed by atoms with Crippen LogP contribution >= 0.6 is 44.0 Å². The minimum atomic E-state index is -0.485. The predicted octanol–water partition coefficient (Wildman–Crippen LogP) is 2.20. The van der Waals surface area contributed by atoms with E-state index in [4.69, 9.17) is 16.2 Å². The maximum absolute atomic E-state index is 12.6. The molecule has 7 nitrogen and oxygen atoms in total. The SMILES string of the molecule is CC(C)SC[C@H](N)C(=O)NCCCC[C@H](NC1OC1[C@H](N)CSSS)C(=O)C(C)C. The molecule has 2 unspecified atom stereocenters. The van der Waals surface area contributed by atoms with Crippen LogP contribution in [0.1, 0.15) is 47.0 Å². The van der Waals surface area contributed by atoms with Gasteiger partial charge in [-0.15, -0.1) is 0 Å². The van der Waals surface area contributed by atoms with Gasteiger partial charge in [-0.3, -0.25) is 14.9 Å². The molecule has 0 bridgehead atoms. The van der Waals surface area contributed by atoms with Gasteiger partial charge < -0.3 is 21.5 Å². The standard InChI is InChI=1S/C19H38N4O3S4/c1-11(2)16(24)15(23-19-17(26-19)13(20)10-29-30-27)7-5-6-8-22-18(25)14(21)9-28-12(3)4/h11-15,17,19,23,27H,5-10,20-21H2,1-4H3,(H,22,25)/t13-,14+,15+,17?,19?/m1/s1. The number of carbonyl (C=O) groups excluding carboxylic acids is 2. The molecular weight excluding hydrogens is 461 g/mol. The number of ketones is 1. The normalized spacial score (nSPS) is 21.5. The quantitative estimate of drug-likeness (QED) is 0.0889. The Labute approximate surface area is 198 Å². The number of thioether (sulfide) groups is 1. The number of nitrogens with one attached hydrogen (secondary N) is 2. The van der Waals surface area contributed by atoms with E-state index in [2.05, 4.69) is 36.1 Å². The summed E-state index contributed by atoms with van der Waals surface area (Å²) in [5.41, 5.74) is 12.0. The molecule has 0 radical (unpaired) electrons. The maximum Gasteiger partial charge on any atom is 0.237 e. The lowest BCUT2D eigenvalue weighted by Crippen LogP contribution is -2.44. The van der Waals surface area contributed by atoms with Gasteiger partial charge in [0.1, 0.15) is 12.3 Å². The summed E-state index contributed by atoms with van der Waals surface area (Å²) in [7, 11) is 2.97. The molecule has 1 fully saturated rings. The molecule has 6 N–H and O–H groups in total. The molecule has 1 aliphatic rings. The summed E-state index contributed by atoms with van der Waals surface area (Å²) in [6.07, 6.45) is 2.08. The second-order valence-corrected chi connectivity index (χ2v) is 12.9. The number of Topliss-reactive ketones (excluding diaryl/α,β-unsaturated/α-hetero) is 1. The Kier molecular flexibility index (Phi) is 14.5. The van der Waals surface area contributed by atoms with E-state index < -0.39 is 6.04 Å². The van der Waals surface area contributed by atoms with Gasteiger partial charge in [0.25, 0.3) is 0 Å². The third kappa shape index (κ3) is 11.3. The van der Waals surface area contributed by atoms with Crippen molar-refractivity contribution in [1.29, 1.82) is 0 Å². The minimum absolute atomic E-state index is 0.0549. The number of rotatable bonds is 17. The molecule has 1 aliphatic heterocycles. The highest BCUT2D eigenvalue weighted by atomic mass is 33.5. The van der Waals surface area contributed by atoms with Crippen molar-refractivity contribution < 1.29 is 14.3 Å². The molecule has 30 heavy (non-hydrogen) atoms. The number of ether oxygens (including phenoxy) is 1. The van der Waals surface area contributed by atoms with Crippen molar-refractivity contribution in [3.05, 3.63) is 0 Å². The van der Waals surface area contributed by atoms with Gasteiger partial charge in [0.05, 0.1) is 12.1 Å². The Bertz CT molecular complexity index is 528. The highest BCUT2D eigenvalue weighted by molar-refractivity contribution is 9.05. The fraction of sp³-hybridized carbons (Fsp3) is 0.895. The Balaban J connectivity index is 2.33. The zero-order valence-electron chi connectivity index (χ0n) is 18.3. The summed E-state index contributed by atoms with van der Waals surface area (Å²) in [5, 5.41) is 6.68. The number of carbonyl (C=O) groups is 2. The summed E-state index contributed by atoms with van der Waals surface area (Å²) in [4.78, 5) is 24.6. The lowest BCUT2D eigenvalue weighted by molar-refractivity contribution is -0.124. The Morgan fingerprint density at radius 1 is 1.13 bits per heavy atom. The highest BCUT2D eigenvalue weighted by Gasteiger charge is 2.45. The Morgan fingerprint density at radius 2 is 1.83 bits per heavy atom. The van der Waals surface area contributed by atoms with Gasteiger partial charge >= 0.3 is 0 Å². The van der Waals surface area contributed by atoms with Crippen LogP contribution in [-0.2, 0) is 14.3 Å². The van der Waals surface area contributed by atoms with Gasteiger partial charge in [-0.1, -0.05) is 50.1 Å². The molecule has 5 atom stereocenters. The molecule has 1 heterocycles. The lowest BCUT2D eigenvalue weighted by atomic mass is 9.97. The van der Waals surface area contributed by atoms with E-state index in [0.29, 0.717) is 24.0 Å². The zero-order chi connectivity index (χ0) is 22.7. The second kappa shape index (κ2) is 15.3. The number of hydrogen-bond acceptors (Lipinski definition) is 10. The summed E-state index contributed by atoms with van der Waals surface area (Å²) in [5.74, 6) is 1.37. The molecule has 176 valence electrons. The number of nitrogens with two attached hydrogens (primary N) is 2. The van der Waals surface area contributed by atoms with Crippen LogP contribution in [0.15, 0.2) is 0 Å². The van der Waals surface area contributed by atoms with Gasteiger partial charge in [-0.05, 0) is 34.3 Å². The molecule has 0 aliphatic carbocycles. The minimum Gasteiger partial charge on any atom is -0.355 e. The molecule has 0 aromatic rings. The number of hydrogen-bond donors (Lipinski definition) is 5. The van der Waals surface area contributed by atoms with Crippen molar-refractivity contribution in [3.8, 4) is 0 Å². The van der Waals surface area contributed by atoms with Gasteiger partial charge in [-0.25, -0.2) is 0 Å². The van der Waals surface area contributed by atoms with E-state index >= 15 is 0 Å². The predicted molar refractivity (Wildman–Crippen MR) is 135 cm³/mol. The van der Waals surface area contributed by atoms with E-state index in [-0.39, 0.29) is 42.0 Å². The van der Waals surface area contributed by atoms with Crippen LogP contribution in [0.25, 0.3) is 0 Å². The van der Waals surface area contributed by atoms with E-state index in [0.717, 1.165) is 18.6 Å². The first-order valence-electron chi connectivity index (χ1n) is 10.5. The largest absolute Gasteiger partial charge is 0.355 e. The lowest BCUT2D eigenvalue weighted by Gasteiger charge is -2.19. The van der Waals surface area contributed by atoms with Crippen LogP contribution in [0.5, 0.6) is 0 Å². The maximum atomic E-state index is 12.6. The third-order valence-corrected chi connectivity index (χ3v) is 8.22. The van der Waals surface area contributed by atoms with Crippen LogP contribution in [0.4, 0.5) is 0 Å². The molecule has 1 saturated heterocycles. The second-order valence-electron chi connectivity index (χ2n) is 8.10. The van der Waals surface area contributed by atoms with E-state index in [1.54, 1.807) is 22.6 Å². The van der Waals surface area contributed by atoms with Crippen molar-refractivity contribution in [3.63, 3.8) is 0 Å². The summed E-state index contributed by atoms with van der Waals surface area (Å²) in [6.45, 7) is 8.55. The number of epoxide rings is 1. The van der Waals surface area contributed by atoms with Gasteiger partial charge in [0.2, 0.25) is 5.91 Å². The van der Waals surface area contributed by atoms with Crippen molar-refractivity contribution >= 4 is 55.7 Å². The molecule has 1 amide bonds. The van der Waals surface area contributed by atoms with Gasteiger partial charge in [0.15, 0.2) is 5.78 Å². The topological polar surface area (TPSA) is 123 Å². The van der Waals surface area contributed by atoms with Crippen LogP contribution in [0, 0.1) is 5.92 Å². The molecular formula is C19H38N4O3S4. The Morgan fingerprint density at radius 3 is 2.43 bits per heavy atom. The van der Waals surface area contributed by atoms with Crippen molar-refractivity contribution in [2.45, 2.75) is 82.7 Å². The highest BCUT2D eigenvalue weighted by Crippen LogP contribution is 2.30. The van der Waals surface area contributed by atoms with Crippen LogP contribution < -0.4 is 22.1 Å². The average Bonchev–Trinajstić information content (AvgIpc) is 3.47. The number of amides is 1. The molecule has 11 heteroatoms. The zero-order valence-corrected chi connectivity index (χ0v) is 21.7. The first kappa shape index (κ1) is 28.4. The first-order valence-corrected chi connectivity index (χ1v) is 14.9. The van der Waals surface area contributed by atoms with Crippen molar-refractivity contribution in [1.82, 2.24) is 10.6 Å². The van der Waals surface area contributed by atoms with E-state index in [9.17, 15) is 9.59 Å². The summed E-state index contributed by atoms with van der Waals surface area (Å²) >= 11 is 5.78. The van der Waals surface area contributed by atoms with E-state index in [1.165, 1.54) is 9.83 Å². The van der Waals surface area contributed by atoms with Crippen LogP contribution in [0.2, 0.25) is 0 Å². The Hall–Kier alpha value is 0.380. The molecule has 0 spiro atoms. The summed E-state index contributed by atoms with van der Waals surface area (Å²) < 4.78 is 5.65. The van der Waals surface area contributed by atoms with Gasteiger partial charge in [-0.2, -0.15) is 11.8 Å². The summed E-state index contributed by atoms with van der Waals surface area (Å²) in [6, 6.07) is -0.837. The van der Waals surface area contributed by atoms with Crippen LogP contribution in [-0.4, -0.2) is 65.4 Å². The van der Waals surface area contributed by atoms with Crippen molar-refractivity contribution in [2.75, 3.05) is 18.1 Å². The van der Waals surface area contributed by atoms with Crippen LogP contribution in [0.3, 0.4) is 0 Å². The number of thiol groups is 1. The molecule has 1 rings (SSSR count). The molecule has 0 aromatic heterocycles. The fourth-order valence-corrected chi connectivity index (χ4v) is 5.24. The third-order valence-electron chi connectivity index (χ3n) is 4.70. The van der Waals surface area contributed by atoms with Gasteiger partial charge in [0, 0.05) is 30.0 Å². The fourth-order valence-electron chi connectivity index (χ4n) is 2.88. The van der Waals surface area contributed by atoms with Crippen molar-refractivity contribution in [2.24, 2.45) is 17.4 Å². The molecule has 0 saturated carbocycles. The first-order chi connectivity index (χ1) is 14.2. The average molecular weight is 499 g/mol.